The first kappa shape index (κ1) is 14.4. The van der Waals surface area contributed by atoms with E-state index in [2.05, 4.69) is 5.32 Å². The van der Waals surface area contributed by atoms with Gasteiger partial charge in [0.25, 0.3) is 5.91 Å². The van der Waals surface area contributed by atoms with Crippen LogP contribution in [0, 0.1) is 0 Å². The van der Waals surface area contributed by atoms with Gasteiger partial charge in [-0.1, -0.05) is 0 Å². The van der Waals surface area contributed by atoms with Crippen LogP contribution in [0.1, 0.15) is 21.5 Å². The Bertz CT molecular complexity index is 783. The first-order valence-corrected chi connectivity index (χ1v) is 7.52. The summed E-state index contributed by atoms with van der Waals surface area (Å²) in [6.45, 7) is 0. The van der Waals surface area contributed by atoms with E-state index in [4.69, 9.17) is 16.2 Å². The van der Waals surface area contributed by atoms with Crippen LogP contribution in [0.25, 0.3) is 10.4 Å². The molecule has 114 valence electrons. The average molecular weight is 317 g/mol. The lowest BCUT2D eigenvalue weighted by molar-refractivity contribution is 0.100. The van der Waals surface area contributed by atoms with Gasteiger partial charge in [0.2, 0.25) is 0 Å². The lowest BCUT2D eigenvalue weighted by atomic mass is 9.89. The molecule has 0 fully saturated rings. The fourth-order valence-electron chi connectivity index (χ4n) is 2.77. The monoisotopic (exact) mass is 317 g/mol. The zero-order chi connectivity index (χ0) is 15.9. The van der Waals surface area contributed by atoms with Crippen molar-refractivity contribution >= 4 is 28.3 Å². The van der Waals surface area contributed by atoms with E-state index < -0.39 is 11.9 Å². The second-order valence-corrected chi connectivity index (χ2v) is 6.01. The third-order valence-corrected chi connectivity index (χ3v) is 4.87. The van der Waals surface area contributed by atoms with E-state index in [1.54, 1.807) is 7.11 Å². The van der Waals surface area contributed by atoms with Crippen molar-refractivity contribution in [2.75, 3.05) is 12.4 Å². The van der Waals surface area contributed by atoms with E-state index >= 15 is 0 Å². The molecule has 0 saturated heterocycles. The Morgan fingerprint density at radius 3 is 2.68 bits per heavy atom. The number of hydrogen-bond donors (Lipinski definition) is 3. The summed E-state index contributed by atoms with van der Waals surface area (Å²) in [5.74, 6) is 0.238. The highest BCUT2D eigenvalue weighted by atomic mass is 32.1. The lowest BCUT2D eigenvalue weighted by Gasteiger charge is -2.17. The van der Waals surface area contributed by atoms with Crippen LogP contribution in [0.4, 0.5) is 9.80 Å². The maximum absolute atomic E-state index is 11.8. The van der Waals surface area contributed by atoms with Gasteiger partial charge in [-0.15, -0.1) is 11.3 Å². The zero-order valence-corrected chi connectivity index (χ0v) is 12.8. The highest BCUT2D eigenvalue weighted by Gasteiger charge is 2.27. The third kappa shape index (κ3) is 2.29. The van der Waals surface area contributed by atoms with Crippen molar-refractivity contribution in [3.63, 3.8) is 0 Å². The van der Waals surface area contributed by atoms with Crippen LogP contribution >= 0.6 is 11.3 Å². The summed E-state index contributed by atoms with van der Waals surface area (Å²) in [6, 6.07) is 5.11. The average Bonchev–Trinajstić information content (AvgIpc) is 2.84. The van der Waals surface area contributed by atoms with E-state index in [0.717, 1.165) is 33.7 Å². The molecule has 1 aromatic carbocycles. The fourth-order valence-corrected chi connectivity index (χ4v) is 4.08. The van der Waals surface area contributed by atoms with E-state index in [-0.39, 0.29) is 0 Å². The summed E-state index contributed by atoms with van der Waals surface area (Å²) in [5.41, 5.74) is 14.1. The highest BCUT2D eigenvalue weighted by Crippen LogP contribution is 2.45. The normalized spacial score (nSPS) is 12.2. The molecular weight excluding hydrogens is 302 g/mol. The second kappa shape index (κ2) is 5.34. The minimum absolute atomic E-state index is 0.361. The smallest absolute Gasteiger partial charge is 0.317 e. The van der Waals surface area contributed by atoms with Gasteiger partial charge in [0, 0.05) is 4.88 Å². The minimum atomic E-state index is -0.712. The molecular formula is C15H15N3O3S. The number of ether oxygens (including phenoxy) is 1. The van der Waals surface area contributed by atoms with Crippen molar-refractivity contribution in [3.05, 3.63) is 34.9 Å². The zero-order valence-electron chi connectivity index (χ0n) is 11.9. The number of nitrogens with two attached hydrogens (primary N) is 2. The van der Waals surface area contributed by atoms with Gasteiger partial charge >= 0.3 is 6.03 Å². The van der Waals surface area contributed by atoms with Gasteiger partial charge < -0.3 is 16.2 Å². The Balaban J connectivity index is 2.17. The number of fused-ring (bicyclic) bond motifs is 3. The molecule has 1 heterocycles. The summed E-state index contributed by atoms with van der Waals surface area (Å²) in [7, 11) is 1.63. The maximum Gasteiger partial charge on any atom is 0.317 e. The Kier molecular flexibility index (Phi) is 3.50. The molecule has 3 amide bonds. The molecule has 0 saturated carbocycles. The topological polar surface area (TPSA) is 107 Å². The van der Waals surface area contributed by atoms with E-state index in [0.29, 0.717) is 17.0 Å². The van der Waals surface area contributed by atoms with E-state index in [9.17, 15) is 9.59 Å². The van der Waals surface area contributed by atoms with Gasteiger partial charge in [-0.25, -0.2) is 4.79 Å². The Labute approximate surface area is 131 Å². The van der Waals surface area contributed by atoms with Crippen molar-refractivity contribution < 1.29 is 14.3 Å². The van der Waals surface area contributed by atoms with Gasteiger partial charge in [-0.3, -0.25) is 10.1 Å². The number of anilines is 1. The minimum Gasteiger partial charge on any atom is -0.497 e. The first-order valence-electron chi connectivity index (χ1n) is 6.70. The number of urea groups is 1. The van der Waals surface area contributed by atoms with Gasteiger partial charge in [-0.05, 0) is 47.7 Å². The van der Waals surface area contributed by atoms with Crippen molar-refractivity contribution in [2.24, 2.45) is 11.5 Å². The summed E-state index contributed by atoms with van der Waals surface area (Å²) in [5, 5.41) is 2.91. The molecule has 3 rings (SSSR count). The predicted octanol–water partition coefficient (Wildman–Crippen LogP) is 2.11. The molecule has 2 aromatic rings. The van der Waals surface area contributed by atoms with Crippen LogP contribution in [0.15, 0.2) is 18.2 Å². The van der Waals surface area contributed by atoms with Crippen molar-refractivity contribution in [3.8, 4) is 16.2 Å². The first-order chi connectivity index (χ1) is 10.5. The van der Waals surface area contributed by atoms with Crippen molar-refractivity contribution in [1.29, 1.82) is 0 Å². The summed E-state index contributed by atoms with van der Waals surface area (Å²) < 4.78 is 5.24. The molecule has 1 aromatic heterocycles. The molecule has 6 nitrogen and oxygen atoms in total. The van der Waals surface area contributed by atoms with Crippen LogP contribution in [-0.4, -0.2) is 19.0 Å². The number of thiophene rings is 1. The standard InChI is InChI=1S/C15H15N3O3S/c1-21-8-3-5-9-7(6-8)2-4-10-11(13(16)19)14(18-15(17)20)22-12(9)10/h3,5-6H,2,4H2,1H3,(H2,16,19)(H3,17,18,20). The van der Waals surface area contributed by atoms with Crippen LogP contribution in [0.5, 0.6) is 5.75 Å². The number of methoxy groups -OCH3 is 1. The molecule has 0 spiro atoms. The molecule has 0 unspecified atom stereocenters. The summed E-state index contributed by atoms with van der Waals surface area (Å²) in [4.78, 5) is 23.8. The molecule has 1 aliphatic carbocycles. The van der Waals surface area contributed by atoms with Crippen molar-refractivity contribution in [2.45, 2.75) is 12.8 Å². The SMILES string of the molecule is COc1ccc2c(c1)CCc1c-2sc(NC(N)=O)c1C(N)=O. The number of nitrogens with one attached hydrogen (secondary N) is 1. The molecule has 0 bridgehead atoms. The van der Waals surface area contributed by atoms with E-state index in [1.807, 2.05) is 18.2 Å². The predicted molar refractivity (Wildman–Crippen MR) is 85.4 cm³/mol. The lowest BCUT2D eigenvalue weighted by Crippen LogP contribution is -2.22. The number of rotatable bonds is 3. The van der Waals surface area contributed by atoms with Crippen LogP contribution in [-0.2, 0) is 12.8 Å². The molecule has 0 aliphatic heterocycles. The van der Waals surface area contributed by atoms with Gasteiger partial charge in [0.05, 0.1) is 12.7 Å². The molecule has 0 radical (unpaired) electrons. The Hall–Kier alpha value is -2.54. The van der Waals surface area contributed by atoms with Crippen LogP contribution in [0.3, 0.4) is 0 Å². The van der Waals surface area contributed by atoms with E-state index in [1.165, 1.54) is 11.3 Å². The highest BCUT2D eigenvalue weighted by molar-refractivity contribution is 7.20. The summed E-state index contributed by atoms with van der Waals surface area (Å²) >= 11 is 1.32. The number of benzene rings is 1. The fraction of sp³-hybridized carbons (Fsp3) is 0.200. The number of carbonyl (C=O) groups is 2. The largest absolute Gasteiger partial charge is 0.497 e. The Morgan fingerprint density at radius 1 is 1.27 bits per heavy atom. The van der Waals surface area contributed by atoms with Gasteiger partial charge in [0.15, 0.2) is 0 Å². The number of amides is 3. The molecule has 0 atom stereocenters. The Morgan fingerprint density at radius 2 is 2.05 bits per heavy atom. The molecule has 7 heteroatoms. The van der Waals surface area contributed by atoms with Crippen molar-refractivity contribution in [1.82, 2.24) is 0 Å². The molecule has 5 N–H and O–H groups in total. The number of hydrogen-bond acceptors (Lipinski definition) is 4. The summed E-state index contributed by atoms with van der Waals surface area (Å²) in [6.07, 6.45) is 1.47. The quantitative estimate of drug-likeness (QED) is 0.806. The van der Waals surface area contributed by atoms with Gasteiger partial charge in [-0.2, -0.15) is 0 Å². The number of primary amides is 2. The van der Waals surface area contributed by atoms with Crippen LogP contribution in [0.2, 0.25) is 0 Å². The molecule has 1 aliphatic rings. The number of aryl methyl sites for hydroxylation is 1. The number of carbonyl (C=O) groups excluding carboxylic acids is 2. The van der Waals surface area contributed by atoms with Crippen LogP contribution < -0.4 is 21.5 Å². The third-order valence-electron chi connectivity index (χ3n) is 3.69. The molecule has 22 heavy (non-hydrogen) atoms. The second-order valence-electron chi connectivity index (χ2n) is 4.99. The van der Waals surface area contributed by atoms with Gasteiger partial charge in [0.1, 0.15) is 10.8 Å². The maximum atomic E-state index is 11.8.